The Morgan fingerprint density at radius 1 is 0.969 bits per heavy atom. The topological polar surface area (TPSA) is 67.8 Å². The molecule has 2 aromatic carbocycles. The van der Waals surface area contributed by atoms with Crippen LogP contribution in [0.2, 0.25) is 0 Å². The summed E-state index contributed by atoms with van der Waals surface area (Å²) in [6.45, 7) is 4.84. The van der Waals surface area contributed by atoms with Crippen molar-refractivity contribution >= 4 is 11.7 Å². The van der Waals surface area contributed by atoms with Gasteiger partial charge in [0.1, 0.15) is 11.5 Å². The molecule has 0 N–H and O–H groups in total. The number of aromatic nitrogens is 2. The minimum Gasteiger partial charge on any atom is -0.497 e. The van der Waals surface area contributed by atoms with Gasteiger partial charge in [0.15, 0.2) is 12.4 Å². The molecule has 2 heterocycles. The Hall–Kier alpha value is -3.61. The maximum absolute atomic E-state index is 12.6. The monoisotopic (exact) mass is 432 g/mol. The number of hydrogen-bond donors (Lipinski definition) is 0. The molecule has 7 heteroatoms. The van der Waals surface area contributed by atoms with Gasteiger partial charge < -0.3 is 19.3 Å². The van der Waals surface area contributed by atoms with Crippen molar-refractivity contribution in [2.75, 3.05) is 44.8 Å². The molecule has 166 valence electrons. The van der Waals surface area contributed by atoms with Crippen LogP contribution in [0.3, 0.4) is 0 Å². The largest absolute Gasteiger partial charge is 0.497 e. The molecule has 1 aliphatic heterocycles. The van der Waals surface area contributed by atoms with Crippen LogP contribution < -0.4 is 14.4 Å². The highest BCUT2D eigenvalue weighted by atomic mass is 16.5. The first-order valence-corrected chi connectivity index (χ1v) is 10.9. The van der Waals surface area contributed by atoms with Crippen LogP contribution in [0.25, 0.3) is 11.3 Å². The molecule has 0 radical (unpaired) electrons. The molecule has 0 saturated carbocycles. The Balaban J connectivity index is 1.31. The van der Waals surface area contributed by atoms with E-state index in [2.05, 4.69) is 22.0 Å². The Morgan fingerprint density at radius 3 is 2.50 bits per heavy atom. The second-order valence-corrected chi connectivity index (χ2v) is 7.63. The summed E-state index contributed by atoms with van der Waals surface area (Å²) in [5.41, 5.74) is 2.87. The van der Waals surface area contributed by atoms with Crippen molar-refractivity contribution in [3.05, 3.63) is 66.2 Å². The number of carbonyl (C=O) groups is 1. The van der Waals surface area contributed by atoms with Gasteiger partial charge in [-0.3, -0.25) is 4.79 Å². The van der Waals surface area contributed by atoms with E-state index in [0.29, 0.717) is 26.2 Å². The van der Waals surface area contributed by atoms with E-state index in [4.69, 9.17) is 9.47 Å². The number of para-hydroxylation sites is 1. The van der Waals surface area contributed by atoms with Crippen LogP contribution in [0.4, 0.5) is 5.82 Å². The summed E-state index contributed by atoms with van der Waals surface area (Å²) in [5, 5.41) is 8.79. The molecule has 0 unspecified atom stereocenters. The van der Waals surface area contributed by atoms with Gasteiger partial charge in [-0.15, -0.1) is 10.2 Å². The molecule has 0 atom stereocenters. The van der Waals surface area contributed by atoms with Crippen molar-refractivity contribution in [1.29, 1.82) is 0 Å². The zero-order valence-electron chi connectivity index (χ0n) is 18.5. The van der Waals surface area contributed by atoms with E-state index in [-0.39, 0.29) is 12.5 Å². The summed E-state index contributed by atoms with van der Waals surface area (Å²) in [7, 11) is 1.65. The minimum absolute atomic E-state index is 0.00927. The lowest BCUT2D eigenvalue weighted by Crippen LogP contribution is -2.50. The van der Waals surface area contributed by atoms with Crippen LogP contribution in [0.15, 0.2) is 60.7 Å². The number of hydrogen-bond acceptors (Lipinski definition) is 6. The number of methoxy groups -OCH3 is 1. The highest BCUT2D eigenvalue weighted by Gasteiger charge is 2.22. The van der Waals surface area contributed by atoms with E-state index in [1.54, 1.807) is 7.11 Å². The van der Waals surface area contributed by atoms with E-state index in [0.717, 1.165) is 40.6 Å². The van der Waals surface area contributed by atoms with Crippen molar-refractivity contribution in [2.45, 2.75) is 13.3 Å². The van der Waals surface area contributed by atoms with Crippen molar-refractivity contribution in [3.63, 3.8) is 0 Å². The molecule has 3 aromatic rings. The fourth-order valence-electron chi connectivity index (χ4n) is 3.78. The molecule has 1 aliphatic rings. The number of piperazine rings is 1. The lowest BCUT2D eigenvalue weighted by molar-refractivity contribution is -0.133. The van der Waals surface area contributed by atoms with Crippen molar-refractivity contribution in [3.8, 4) is 22.8 Å². The van der Waals surface area contributed by atoms with Gasteiger partial charge in [0, 0.05) is 31.7 Å². The number of amides is 1. The van der Waals surface area contributed by atoms with Gasteiger partial charge in [0.2, 0.25) is 0 Å². The zero-order valence-corrected chi connectivity index (χ0v) is 18.5. The maximum atomic E-state index is 12.6. The number of nitrogens with zero attached hydrogens (tertiary/aromatic N) is 4. The van der Waals surface area contributed by atoms with Crippen molar-refractivity contribution < 1.29 is 14.3 Å². The molecule has 4 rings (SSSR count). The summed E-state index contributed by atoms with van der Waals surface area (Å²) in [6.07, 6.45) is 0.876. The molecule has 1 fully saturated rings. The van der Waals surface area contributed by atoms with Gasteiger partial charge in [0.25, 0.3) is 5.91 Å². The normalized spacial score (nSPS) is 13.7. The van der Waals surface area contributed by atoms with E-state index in [1.807, 2.05) is 65.6 Å². The predicted molar refractivity (Wildman–Crippen MR) is 124 cm³/mol. The second-order valence-electron chi connectivity index (χ2n) is 7.63. The Morgan fingerprint density at radius 2 is 1.78 bits per heavy atom. The Kier molecular flexibility index (Phi) is 6.84. The third-order valence-corrected chi connectivity index (χ3v) is 5.68. The van der Waals surface area contributed by atoms with Gasteiger partial charge in [-0.2, -0.15) is 0 Å². The van der Waals surface area contributed by atoms with Gasteiger partial charge >= 0.3 is 0 Å². The highest BCUT2D eigenvalue weighted by Crippen LogP contribution is 2.23. The molecule has 1 saturated heterocycles. The van der Waals surface area contributed by atoms with E-state index in [9.17, 15) is 4.79 Å². The highest BCUT2D eigenvalue weighted by molar-refractivity contribution is 5.78. The quantitative estimate of drug-likeness (QED) is 0.570. The fourth-order valence-corrected chi connectivity index (χ4v) is 3.78. The van der Waals surface area contributed by atoms with Crippen molar-refractivity contribution in [1.82, 2.24) is 15.1 Å². The van der Waals surface area contributed by atoms with Crippen LogP contribution in [-0.4, -0.2) is 60.9 Å². The Bertz CT molecular complexity index is 1050. The molecule has 0 aliphatic carbocycles. The van der Waals surface area contributed by atoms with Crippen molar-refractivity contribution in [2.24, 2.45) is 0 Å². The summed E-state index contributed by atoms with van der Waals surface area (Å²) < 4.78 is 11.1. The number of rotatable bonds is 7. The summed E-state index contributed by atoms with van der Waals surface area (Å²) in [5.74, 6) is 2.40. The molecule has 7 nitrogen and oxygen atoms in total. The molecule has 32 heavy (non-hydrogen) atoms. The number of ether oxygens (including phenoxy) is 2. The average molecular weight is 433 g/mol. The lowest BCUT2D eigenvalue weighted by atomic mass is 10.1. The Labute approximate surface area is 188 Å². The van der Waals surface area contributed by atoms with E-state index < -0.39 is 0 Å². The maximum Gasteiger partial charge on any atom is 0.260 e. The molecular weight excluding hydrogens is 404 g/mol. The predicted octanol–water partition coefficient (Wildman–Crippen LogP) is 3.44. The fraction of sp³-hybridized carbons (Fsp3) is 0.320. The number of carbonyl (C=O) groups excluding carboxylic acids is 1. The molecule has 0 spiro atoms. The first kappa shape index (κ1) is 21.6. The standard InChI is InChI=1S/C25H28N4O3/c1-3-19-7-4-5-10-23(19)32-18-25(30)29-15-13-28(14-16-29)24-12-11-22(26-27-24)20-8-6-9-21(17-20)31-2/h4-12,17H,3,13-16,18H2,1-2H3. The molecule has 0 bridgehead atoms. The molecule has 1 amide bonds. The van der Waals surface area contributed by atoms with E-state index in [1.165, 1.54) is 0 Å². The number of aryl methyl sites for hydroxylation is 1. The first-order valence-electron chi connectivity index (χ1n) is 10.9. The third kappa shape index (κ3) is 4.99. The lowest BCUT2D eigenvalue weighted by Gasteiger charge is -2.35. The molecule has 1 aromatic heterocycles. The minimum atomic E-state index is 0.00927. The summed E-state index contributed by atoms with van der Waals surface area (Å²) in [6, 6.07) is 19.6. The van der Waals surface area contributed by atoms with Crippen LogP contribution in [0.1, 0.15) is 12.5 Å². The number of anilines is 1. The van der Waals surface area contributed by atoms with Crippen LogP contribution in [0.5, 0.6) is 11.5 Å². The van der Waals surface area contributed by atoms with E-state index >= 15 is 0 Å². The summed E-state index contributed by atoms with van der Waals surface area (Å²) >= 11 is 0. The SMILES string of the molecule is CCc1ccccc1OCC(=O)N1CCN(c2ccc(-c3cccc(OC)c3)nn2)CC1. The first-order chi connectivity index (χ1) is 15.7. The second kappa shape index (κ2) is 10.1. The van der Waals surface area contributed by atoms with Gasteiger partial charge in [-0.05, 0) is 42.3 Å². The van der Waals surface area contributed by atoms with Crippen LogP contribution in [-0.2, 0) is 11.2 Å². The van der Waals surface area contributed by atoms with Gasteiger partial charge in [-0.1, -0.05) is 37.3 Å². The zero-order chi connectivity index (χ0) is 22.3. The molecular formula is C25H28N4O3. The third-order valence-electron chi connectivity index (χ3n) is 5.68. The number of benzene rings is 2. The van der Waals surface area contributed by atoms with Crippen LogP contribution >= 0.6 is 0 Å². The average Bonchev–Trinajstić information content (AvgIpc) is 2.87. The van der Waals surface area contributed by atoms with Gasteiger partial charge in [0.05, 0.1) is 12.8 Å². The smallest absolute Gasteiger partial charge is 0.260 e. The van der Waals surface area contributed by atoms with Gasteiger partial charge in [-0.25, -0.2) is 0 Å². The summed E-state index contributed by atoms with van der Waals surface area (Å²) in [4.78, 5) is 16.6. The van der Waals surface area contributed by atoms with Crippen LogP contribution in [0, 0.1) is 0 Å².